The molecule has 0 aliphatic rings. The maximum Gasteiger partial charge on any atom is 0.259 e. The number of hydrogen-bond acceptors (Lipinski definition) is 4. The monoisotopic (exact) mass is 284 g/mol. The summed E-state index contributed by atoms with van der Waals surface area (Å²) in [5.74, 6) is -0.770. The van der Waals surface area contributed by atoms with Crippen molar-refractivity contribution in [2.45, 2.75) is 6.92 Å². The normalized spacial score (nSPS) is 9.76. The van der Waals surface area contributed by atoms with Crippen molar-refractivity contribution in [3.63, 3.8) is 0 Å². The van der Waals surface area contributed by atoms with E-state index in [-0.39, 0.29) is 5.56 Å². The Bertz CT molecular complexity index is 709. The van der Waals surface area contributed by atoms with Crippen molar-refractivity contribution in [3.05, 3.63) is 53.5 Å². The van der Waals surface area contributed by atoms with Crippen molar-refractivity contribution in [3.8, 4) is 6.07 Å². The Hall–Kier alpha value is -2.94. The molecule has 6 heteroatoms. The minimum absolute atomic E-state index is 0.110. The van der Waals surface area contributed by atoms with Crippen LogP contribution in [0.15, 0.2) is 36.5 Å². The Morgan fingerprint density at radius 2 is 2.24 bits per heavy atom. The summed E-state index contributed by atoms with van der Waals surface area (Å²) in [6.07, 6.45) is 1.05. The lowest BCUT2D eigenvalue weighted by molar-refractivity contribution is 0.102. The second-order valence-corrected chi connectivity index (χ2v) is 4.23. The summed E-state index contributed by atoms with van der Waals surface area (Å²) < 4.78 is 13.3. The maximum atomic E-state index is 13.3. The summed E-state index contributed by atoms with van der Waals surface area (Å²) in [5.41, 5.74) is 1.00. The topological polar surface area (TPSA) is 77.8 Å². The van der Waals surface area contributed by atoms with Gasteiger partial charge in [0.1, 0.15) is 11.6 Å². The summed E-state index contributed by atoms with van der Waals surface area (Å²) in [4.78, 5) is 16.1. The highest BCUT2D eigenvalue weighted by Crippen LogP contribution is 2.17. The number of nitriles is 1. The molecule has 0 unspecified atom stereocenters. The smallest absolute Gasteiger partial charge is 0.259 e. The molecule has 1 heterocycles. The van der Waals surface area contributed by atoms with Gasteiger partial charge in [0, 0.05) is 12.2 Å². The van der Waals surface area contributed by atoms with E-state index in [1.54, 1.807) is 18.2 Å². The van der Waals surface area contributed by atoms with E-state index in [2.05, 4.69) is 15.6 Å². The van der Waals surface area contributed by atoms with E-state index < -0.39 is 11.7 Å². The first-order valence-electron chi connectivity index (χ1n) is 6.35. The second kappa shape index (κ2) is 6.48. The predicted molar refractivity (Wildman–Crippen MR) is 77.5 cm³/mol. The lowest BCUT2D eigenvalue weighted by atomic mass is 10.2. The van der Waals surface area contributed by atoms with Gasteiger partial charge in [0.05, 0.1) is 23.4 Å². The van der Waals surface area contributed by atoms with Crippen molar-refractivity contribution < 1.29 is 9.18 Å². The van der Waals surface area contributed by atoms with Crippen LogP contribution in [0.1, 0.15) is 22.8 Å². The van der Waals surface area contributed by atoms with Gasteiger partial charge in [-0.25, -0.2) is 9.37 Å². The molecule has 0 spiro atoms. The number of pyridine rings is 1. The Kier molecular flexibility index (Phi) is 4.46. The molecule has 1 aromatic heterocycles. The molecule has 0 atom stereocenters. The lowest BCUT2D eigenvalue weighted by Gasteiger charge is -2.10. The van der Waals surface area contributed by atoms with Crippen molar-refractivity contribution in [2.24, 2.45) is 0 Å². The Labute approximate surface area is 121 Å². The molecule has 5 nitrogen and oxygen atoms in total. The van der Waals surface area contributed by atoms with Crippen molar-refractivity contribution in [1.29, 1.82) is 5.26 Å². The molecule has 0 saturated heterocycles. The highest BCUT2D eigenvalue weighted by molar-refractivity contribution is 6.07. The number of nitrogens with one attached hydrogen (secondary N) is 2. The van der Waals surface area contributed by atoms with Crippen LogP contribution in [-0.2, 0) is 0 Å². The van der Waals surface area contributed by atoms with Crippen LogP contribution in [0.4, 0.5) is 15.9 Å². The van der Waals surface area contributed by atoms with E-state index in [1.165, 1.54) is 6.07 Å². The molecule has 2 N–H and O–H groups in total. The van der Waals surface area contributed by atoms with E-state index in [0.29, 0.717) is 23.6 Å². The number of halogens is 1. The number of carbonyl (C=O) groups excluding carboxylic acids is 1. The van der Waals surface area contributed by atoms with E-state index in [0.717, 1.165) is 12.3 Å². The first kappa shape index (κ1) is 14.5. The lowest BCUT2D eigenvalue weighted by Crippen LogP contribution is -2.16. The van der Waals surface area contributed by atoms with Gasteiger partial charge in [-0.05, 0) is 31.2 Å². The summed E-state index contributed by atoms with van der Waals surface area (Å²) in [7, 11) is 0. The molecular weight excluding hydrogens is 271 g/mol. The van der Waals surface area contributed by atoms with Crippen molar-refractivity contribution in [2.75, 3.05) is 17.2 Å². The average Bonchev–Trinajstić information content (AvgIpc) is 2.49. The van der Waals surface area contributed by atoms with Gasteiger partial charge in [0.25, 0.3) is 5.91 Å². The Balaban J connectivity index is 2.27. The first-order chi connectivity index (χ1) is 10.1. The number of benzene rings is 1. The van der Waals surface area contributed by atoms with Crippen LogP contribution in [0.5, 0.6) is 0 Å². The summed E-state index contributed by atoms with van der Waals surface area (Å²) in [6.45, 7) is 2.41. The van der Waals surface area contributed by atoms with E-state index >= 15 is 0 Å². The second-order valence-electron chi connectivity index (χ2n) is 4.23. The fraction of sp³-hybridized carbons (Fsp3) is 0.133. The average molecular weight is 284 g/mol. The molecule has 1 aromatic carbocycles. The van der Waals surface area contributed by atoms with Crippen LogP contribution in [0.25, 0.3) is 0 Å². The highest BCUT2D eigenvalue weighted by Gasteiger charge is 2.14. The summed E-state index contributed by atoms with van der Waals surface area (Å²) >= 11 is 0. The molecule has 21 heavy (non-hydrogen) atoms. The Morgan fingerprint density at radius 1 is 1.43 bits per heavy atom. The van der Waals surface area contributed by atoms with Crippen LogP contribution in [-0.4, -0.2) is 17.4 Å². The van der Waals surface area contributed by atoms with E-state index in [1.807, 2.05) is 13.0 Å². The quantitative estimate of drug-likeness (QED) is 0.905. The minimum atomic E-state index is -0.590. The fourth-order valence-corrected chi connectivity index (χ4v) is 1.79. The summed E-state index contributed by atoms with van der Waals surface area (Å²) in [6, 6.07) is 9.58. The Morgan fingerprint density at radius 3 is 2.95 bits per heavy atom. The van der Waals surface area contributed by atoms with Crippen LogP contribution in [0.3, 0.4) is 0 Å². The SMILES string of the molecule is CCNc1ncc(F)cc1C(=O)Nc1cccc(C#N)c1. The van der Waals surface area contributed by atoms with Gasteiger partial charge >= 0.3 is 0 Å². The summed E-state index contributed by atoms with van der Waals surface area (Å²) in [5, 5.41) is 14.4. The number of anilines is 2. The van der Waals surface area contributed by atoms with Crippen LogP contribution >= 0.6 is 0 Å². The third-order valence-electron chi connectivity index (χ3n) is 2.69. The molecule has 1 amide bonds. The molecular formula is C15H13FN4O. The number of aromatic nitrogens is 1. The largest absolute Gasteiger partial charge is 0.370 e. The number of carbonyl (C=O) groups is 1. The van der Waals surface area contributed by atoms with Gasteiger partial charge in [0.15, 0.2) is 0 Å². The molecule has 0 radical (unpaired) electrons. The third kappa shape index (κ3) is 3.54. The molecule has 0 aliphatic carbocycles. The molecule has 106 valence electrons. The van der Waals surface area contributed by atoms with Crippen LogP contribution in [0, 0.1) is 17.1 Å². The number of nitrogens with zero attached hydrogens (tertiary/aromatic N) is 2. The van der Waals surface area contributed by atoms with E-state index in [9.17, 15) is 9.18 Å². The predicted octanol–water partition coefficient (Wildman–Crippen LogP) is 2.78. The molecule has 0 saturated carbocycles. The number of hydrogen-bond donors (Lipinski definition) is 2. The minimum Gasteiger partial charge on any atom is -0.370 e. The first-order valence-corrected chi connectivity index (χ1v) is 6.35. The molecule has 2 aromatic rings. The van der Waals surface area contributed by atoms with Crippen LogP contribution in [0.2, 0.25) is 0 Å². The molecule has 2 rings (SSSR count). The van der Waals surface area contributed by atoms with Crippen molar-refractivity contribution >= 4 is 17.4 Å². The number of rotatable bonds is 4. The molecule has 0 fully saturated rings. The van der Waals surface area contributed by atoms with Gasteiger partial charge in [-0.1, -0.05) is 6.07 Å². The van der Waals surface area contributed by atoms with Gasteiger partial charge < -0.3 is 10.6 Å². The fourth-order valence-electron chi connectivity index (χ4n) is 1.79. The molecule has 0 bridgehead atoms. The van der Waals surface area contributed by atoms with Gasteiger partial charge in [-0.2, -0.15) is 5.26 Å². The number of amides is 1. The maximum absolute atomic E-state index is 13.3. The van der Waals surface area contributed by atoms with Gasteiger partial charge in [0.2, 0.25) is 0 Å². The van der Waals surface area contributed by atoms with Crippen LogP contribution < -0.4 is 10.6 Å². The van der Waals surface area contributed by atoms with Crippen molar-refractivity contribution in [1.82, 2.24) is 4.98 Å². The standard InChI is InChI=1S/C15H13FN4O/c1-2-18-14-13(7-11(16)9-19-14)15(21)20-12-5-3-4-10(6-12)8-17/h3-7,9H,2H2,1H3,(H,18,19)(H,20,21). The zero-order valence-corrected chi connectivity index (χ0v) is 11.4. The van der Waals surface area contributed by atoms with Gasteiger partial charge in [-0.15, -0.1) is 0 Å². The third-order valence-corrected chi connectivity index (χ3v) is 2.69. The highest BCUT2D eigenvalue weighted by atomic mass is 19.1. The zero-order chi connectivity index (χ0) is 15.2. The van der Waals surface area contributed by atoms with Gasteiger partial charge in [-0.3, -0.25) is 4.79 Å². The van der Waals surface area contributed by atoms with E-state index in [4.69, 9.17) is 5.26 Å². The zero-order valence-electron chi connectivity index (χ0n) is 11.4. The molecule has 0 aliphatic heterocycles.